The third-order valence-corrected chi connectivity index (χ3v) is 5.55. The van der Waals surface area contributed by atoms with Crippen molar-refractivity contribution in [3.05, 3.63) is 43.0 Å². The molecule has 7 heteroatoms. The molecule has 7 nitrogen and oxygen atoms in total. The highest BCUT2D eigenvalue weighted by Crippen LogP contribution is 2.27. The number of amides is 1. The fraction of sp³-hybridized carbons (Fsp3) is 0.476. The summed E-state index contributed by atoms with van der Waals surface area (Å²) in [7, 11) is 0. The lowest BCUT2D eigenvalue weighted by Gasteiger charge is -2.32. The van der Waals surface area contributed by atoms with E-state index in [1.54, 1.807) is 12.5 Å². The predicted octanol–water partition coefficient (Wildman–Crippen LogP) is 2.68. The summed E-state index contributed by atoms with van der Waals surface area (Å²) in [5.41, 5.74) is 2.22. The number of hydrogen-bond donors (Lipinski definition) is 1. The summed E-state index contributed by atoms with van der Waals surface area (Å²) >= 11 is 0. The van der Waals surface area contributed by atoms with E-state index < -0.39 is 0 Å². The van der Waals surface area contributed by atoms with Crippen molar-refractivity contribution in [2.24, 2.45) is 5.92 Å². The standard InChI is InChI=1S/C21H28N6O/c1-2-27-19-7-4-3-6-18(19)24-21(27)26-13-8-17(9-14-26)20(28)23-10-5-12-25-15-11-22-16-25/h3-4,6-7,11,15-17H,2,5,8-10,12-14H2,1H3,(H,23,28). The molecule has 1 N–H and O–H groups in total. The van der Waals surface area contributed by atoms with Gasteiger partial charge in [0.2, 0.25) is 11.9 Å². The minimum atomic E-state index is 0.101. The molecule has 3 heterocycles. The zero-order valence-corrected chi connectivity index (χ0v) is 16.4. The SMILES string of the molecule is CCn1c(N2CCC(C(=O)NCCCn3ccnc3)CC2)nc2ccccc21. The molecule has 1 aromatic carbocycles. The summed E-state index contributed by atoms with van der Waals surface area (Å²) in [6.45, 7) is 6.39. The molecular weight excluding hydrogens is 352 g/mol. The number of imidazole rings is 2. The van der Waals surface area contributed by atoms with Crippen LogP contribution in [0, 0.1) is 5.92 Å². The van der Waals surface area contributed by atoms with Crippen LogP contribution in [-0.4, -0.2) is 44.6 Å². The van der Waals surface area contributed by atoms with Crippen molar-refractivity contribution in [1.82, 2.24) is 24.4 Å². The molecule has 1 amide bonds. The van der Waals surface area contributed by atoms with Gasteiger partial charge >= 0.3 is 0 Å². The molecule has 1 saturated heterocycles. The van der Waals surface area contributed by atoms with Gasteiger partial charge in [0.1, 0.15) is 0 Å². The number of rotatable bonds is 7. The van der Waals surface area contributed by atoms with Crippen LogP contribution < -0.4 is 10.2 Å². The van der Waals surface area contributed by atoms with Gasteiger partial charge in [-0.15, -0.1) is 0 Å². The third-order valence-electron chi connectivity index (χ3n) is 5.55. The van der Waals surface area contributed by atoms with Crippen LogP contribution in [0.4, 0.5) is 5.95 Å². The van der Waals surface area contributed by atoms with Crippen LogP contribution in [0.5, 0.6) is 0 Å². The molecule has 148 valence electrons. The summed E-state index contributed by atoms with van der Waals surface area (Å²) in [6, 6.07) is 8.28. The van der Waals surface area contributed by atoms with Gasteiger partial charge in [0.25, 0.3) is 0 Å². The monoisotopic (exact) mass is 380 g/mol. The highest BCUT2D eigenvalue weighted by Gasteiger charge is 2.27. The number of nitrogens with one attached hydrogen (secondary N) is 1. The van der Waals surface area contributed by atoms with Crippen LogP contribution in [0.3, 0.4) is 0 Å². The number of carbonyl (C=O) groups excluding carboxylic acids is 1. The Kier molecular flexibility index (Phi) is 5.60. The highest BCUT2D eigenvalue weighted by molar-refractivity contribution is 5.80. The molecule has 0 unspecified atom stereocenters. The van der Waals surface area contributed by atoms with Crippen LogP contribution >= 0.6 is 0 Å². The van der Waals surface area contributed by atoms with E-state index in [-0.39, 0.29) is 11.8 Å². The second kappa shape index (κ2) is 8.46. The number of aryl methyl sites for hydroxylation is 2. The molecule has 4 rings (SSSR count). The van der Waals surface area contributed by atoms with Crippen molar-refractivity contribution in [2.75, 3.05) is 24.5 Å². The van der Waals surface area contributed by atoms with Gasteiger partial charge in [-0.3, -0.25) is 4.79 Å². The van der Waals surface area contributed by atoms with Gasteiger partial charge in [-0.05, 0) is 38.3 Å². The highest BCUT2D eigenvalue weighted by atomic mass is 16.1. The molecule has 0 saturated carbocycles. The maximum atomic E-state index is 12.5. The van der Waals surface area contributed by atoms with Crippen molar-refractivity contribution >= 4 is 22.9 Å². The lowest BCUT2D eigenvalue weighted by atomic mass is 9.96. The van der Waals surface area contributed by atoms with E-state index in [9.17, 15) is 4.79 Å². The largest absolute Gasteiger partial charge is 0.356 e. The zero-order valence-electron chi connectivity index (χ0n) is 16.4. The topological polar surface area (TPSA) is 68.0 Å². The second-order valence-electron chi connectivity index (χ2n) is 7.35. The number of benzene rings is 1. The fourth-order valence-corrected chi connectivity index (χ4v) is 3.99. The Bertz CT molecular complexity index is 908. The van der Waals surface area contributed by atoms with Gasteiger partial charge in [-0.2, -0.15) is 0 Å². The first kappa shape index (κ1) is 18.5. The first-order valence-corrected chi connectivity index (χ1v) is 10.2. The Morgan fingerprint density at radius 1 is 1.25 bits per heavy atom. The second-order valence-corrected chi connectivity index (χ2v) is 7.35. The quantitative estimate of drug-likeness (QED) is 0.640. The molecular formula is C21H28N6O. The number of para-hydroxylation sites is 2. The first-order valence-electron chi connectivity index (χ1n) is 10.2. The van der Waals surface area contributed by atoms with E-state index >= 15 is 0 Å². The predicted molar refractivity (Wildman–Crippen MR) is 110 cm³/mol. The van der Waals surface area contributed by atoms with E-state index in [4.69, 9.17) is 4.98 Å². The third kappa shape index (κ3) is 3.88. The number of aromatic nitrogens is 4. The molecule has 1 aliphatic heterocycles. The normalized spacial score (nSPS) is 15.2. The number of carbonyl (C=O) groups is 1. The first-order chi connectivity index (χ1) is 13.8. The van der Waals surface area contributed by atoms with E-state index in [0.29, 0.717) is 6.54 Å². The van der Waals surface area contributed by atoms with Gasteiger partial charge in [0, 0.05) is 51.0 Å². The van der Waals surface area contributed by atoms with Gasteiger partial charge in [0.15, 0.2) is 0 Å². The van der Waals surface area contributed by atoms with Gasteiger partial charge in [-0.1, -0.05) is 12.1 Å². The molecule has 2 aromatic heterocycles. The maximum Gasteiger partial charge on any atom is 0.223 e. The van der Waals surface area contributed by atoms with E-state index in [1.807, 2.05) is 16.8 Å². The van der Waals surface area contributed by atoms with Crippen molar-refractivity contribution < 1.29 is 4.79 Å². The van der Waals surface area contributed by atoms with Crippen LogP contribution in [0.25, 0.3) is 11.0 Å². The summed E-state index contributed by atoms with van der Waals surface area (Å²) in [4.78, 5) is 23.7. The minimum absolute atomic E-state index is 0.101. The summed E-state index contributed by atoms with van der Waals surface area (Å²) in [5, 5.41) is 3.10. The minimum Gasteiger partial charge on any atom is -0.356 e. The molecule has 1 fully saturated rings. The zero-order chi connectivity index (χ0) is 19.3. The fourth-order valence-electron chi connectivity index (χ4n) is 3.99. The molecule has 0 aliphatic carbocycles. The Labute approximate surface area is 165 Å². The van der Waals surface area contributed by atoms with Gasteiger partial charge < -0.3 is 19.4 Å². The average Bonchev–Trinajstić information content (AvgIpc) is 3.38. The number of fused-ring (bicyclic) bond motifs is 1. The van der Waals surface area contributed by atoms with Crippen molar-refractivity contribution in [3.63, 3.8) is 0 Å². The van der Waals surface area contributed by atoms with Crippen molar-refractivity contribution in [1.29, 1.82) is 0 Å². The summed E-state index contributed by atoms with van der Waals surface area (Å²) in [6.07, 6.45) is 8.20. The number of hydrogen-bond acceptors (Lipinski definition) is 4. The van der Waals surface area contributed by atoms with Crippen molar-refractivity contribution in [3.8, 4) is 0 Å². The number of piperidine rings is 1. The summed E-state index contributed by atoms with van der Waals surface area (Å²) < 4.78 is 4.30. The number of anilines is 1. The van der Waals surface area contributed by atoms with E-state index in [1.165, 1.54) is 5.52 Å². The molecule has 0 bridgehead atoms. The summed E-state index contributed by atoms with van der Waals surface area (Å²) in [5.74, 6) is 1.32. The Hall–Kier alpha value is -2.83. The van der Waals surface area contributed by atoms with Crippen LogP contribution in [0.1, 0.15) is 26.2 Å². The molecule has 3 aromatic rings. The Morgan fingerprint density at radius 2 is 2.07 bits per heavy atom. The molecule has 0 radical (unpaired) electrons. The smallest absolute Gasteiger partial charge is 0.223 e. The van der Waals surface area contributed by atoms with E-state index in [0.717, 1.165) is 56.9 Å². The Morgan fingerprint density at radius 3 is 2.82 bits per heavy atom. The van der Waals surface area contributed by atoms with E-state index in [2.05, 4.69) is 44.9 Å². The van der Waals surface area contributed by atoms with Crippen LogP contribution in [-0.2, 0) is 17.9 Å². The molecule has 28 heavy (non-hydrogen) atoms. The lowest BCUT2D eigenvalue weighted by molar-refractivity contribution is -0.125. The van der Waals surface area contributed by atoms with Gasteiger partial charge in [-0.25, -0.2) is 9.97 Å². The van der Waals surface area contributed by atoms with Crippen LogP contribution in [0.15, 0.2) is 43.0 Å². The average molecular weight is 380 g/mol. The molecule has 1 aliphatic rings. The van der Waals surface area contributed by atoms with Crippen LogP contribution in [0.2, 0.25) is 0 Å². The van der Waals surface area contributed by atoms with Gasteiger partial charge in [0.05, 0.1) is 17.4 Å². The molecule has 0 spiro atoms. The lowest BCUT2D eigenvalue weighted by Crippen LogP contribution is -2.41. The maximum absolute atomic E-state index is 12.5. The van der Waals surface area contributed by atoms with Crippen molar-refractivity contribution in [2.45, 2.75) is 39.3 Å². The Balaban J connectivity index is 1.29. The number of nitrogens with zero attached hydrogens (tertiary/aromatic N) is 5. The molecule has 0 atom stereocenters.